The van der Waals surface area contributed by atoms with Crippen molar-refractivity contribution in [2.24, 2.45) is 0 Å². The van der Waals surface area contributed by atoms with Crippen molar-refractivity contribution in [3.8, 4) is 5.75 Å². The molecule has 6 nitrogen and oxygen atoms in total. The maximum absolute atomic E-state index is 11.5. The number of nitrogens with zero attached hydrogens (tertiary/aromatic N) is 3. The number of anilines is 1. The Balaban J connectivity index is 2.09. The summed E-state index contributed by atoms with van der Waals surface area (Å²) in [6, 6.07) is 0. The van der Waals surface area contributed by atoms with Gasteiger partial charge in [-0.1, -0.05) is 12.8 Å². The molecule has 0 atom stereocenters. The molecule has 2 heterocycles. The number of ether oxygens (including phenoxy) is 1. The average molecular weight is 235 g/mol. The molecule has 1 saturated carbocycles. The van der Waals surface area contributed by atoms with Gasteiger partial charge in [-0.05, 0) is 12.8 Å². The van der Waals surface area contributed by atoms with Crippen LogP contribution in [0.5, 0.6) is 5.75 Å². The normalized spacial score (nSPS) is 21.1. The fourth-order valence-electron chi connectivity index (χ4n) is 2.78. The van der Waals surface area contributed by atoms with Crippen LogP contribution in [-0.2, 0) is 0 Å². The maximum atomic E-state index is 11.5. The highest BCUT2D eigenvalue weighted by Crippen LogP contribution is 2.44. The quantitative estimate of drug-likeness (QED) is 0.740. The zero-order valence-corrected chi connectivity index (χ0v) is 9.30. The molecule has 1 aromatic heterocycles. The summed E-state index contributed by atoms with van der Waals surface area (Å²) in [6.45, 7) is 0.402. The van der Waals surface area contributed by atoms with Crippen LogP contribution >= 0.6 is 0 Å². The third-order valence-corrected chi connectivity index (χ3v) is 3.57. The molecule has 1 fully saturated rings. The van der Waals surface area contributed by atoms with Crippen molar-refractivity contribution in [2.75, 3.05) is 11.5 Å². The van der Waals surface area contributed by atoms with Crippen LogP contribution in [0.15, 0.2) is 12.5 Å². The predicted molar refractivity (Wildman–Crippen MR) is 59.2 cm³/mol. The Labute approximate surface area is 98.2 Å². The Morgan fingerprint density at radius 2 is 2.24 bits per heavy atom. The minimum absolute atomic E-state index is 0.376. The molecule has 0 saturated heterocycles. The van der Waals surface area contributed by atoms with E-state index in [0.29, 0.717) is 18.2 Å². The fourth-order valence-corrected chi connectivity index (χ4v) is 2.78. The molecule has 1 spiro atoms. The van der Waals surface area contributed by atoms with Crippen molar-refractivity contribution in [3.05, 3.63) is 12.5 Å². The molecule has 3 rings (SSSR count). The van der Waals surface area contributed by atoms with Crippen LogP contribution < -0.4 is 9.64 Å². The highest BCUT2D eigenvalue weighted by atomic mass is 16.5. The molecule has 0 aromatic carbocycles. The van der Waals surface area contributed by atoms with E-state index in [4.69, 9.17) is 4.74 Å². The molecule has 0 unspecified atom stereocenters. The minimum Gasteiger partial charge on any atom is -0.486 e. The Bertz CT molecular complexity index is 457. The molecular weight excluding hydrogens is 222 g/mol. The van der Waals surface area contributed by atoms with Crippen molar-refractivity contribution in [1.82, 2.24) is 9.97 Å². The van der Waals surface area contributed by atoms with Crippen LogP contribution in [0.4, 0.5) is 10.6 Å². The fraction of sp³-hybridized carbons (Fsp3) is 0.545. The van der Waals surface area contributed by atoms with Crippen LogP contribution in [0.1, 0.15) is 25.7 Å². The lowest BCUT2D eigenvalue weighted by Crippen LogP contribution is -2.56. The first-order valence-corrected chi connectivity index (χ1v) is 5.69. The molecule has 1 amide bonds. The number of fused-ring (bicyclic) bond motifs is 1. The zero-order chi connectivity index (χ0) is 11.9. The first kappa shape index (κ1) is 10.3. The van der Waals surface area contributed by atoms with Crippen molar-refractivity contribution in [2.45, 2.75) is 31.2 Å². The molecule has 90 valence electrons. The van der Waals surface area contributed by atoms with Gasteiger partial charge in [-0.15, -0.1) is 0 Å². The van der Waals surface area contributed by atoms with E-state index in [0.717, 1.165) is 25.7 Å². The van der Waals surface area contributed by atoms with Crippen molar-refractivity contribution in [1.29, 1.82) is 0 Å². The first-order valence-electron chi connectivity index (χ1n) is 5.69. The number of carboxylic acid groups (broad SMARTS) is 1. The highest BCUT2D eigenvalue weighted by Gasteiger charge is 2.48. The number of hydrogen-bond acceptors (Lipinski definition) is 4. The van der Waals surface area contributed by atoms with Gasteiger partial charge in [-0.25, -0.2) is 19.7 Å². The minimum atomic E-state index is -0.963. The van der Waals surface area contributed by atoms with Crippen LogP contribution in [-0.4, -0.2) is 33.3 Å². The Hall–Kier alpha value is -1.85. The number of aromatic nitrogens is 2. The molecule has 6 heteroatoms. The van der Waals surface area contributed by atoms with Crippen molar-refractivity contribution < 1.29 is 14.6 Å². The van der Waals surface area contributed by atoms with Gasteiger partial charge in [0, 0.05) is 0 Å². The molecular formula is C11H13N3O3. The van der Waals surface area contributed by atoms with Gasteiger partial charge in [0.25, 0.3) is 0 Å². The van der Waals surface area contributed by atoms with E-state index in [9.17, 15) is 9.90 Å². The van der Waals surface area contributed by atoms with Crippen LogP contribution in [0, 0.1) is 0 Å². The van der Waals surface area contributed by atoms with E-state index in [1.165, 1.54) is 17.4 Å². The summed E-state index contributed by atoms with van der Waals surface area (Å²) >= 11 is 0. The molecule has 17 heavy (non-hydrogen) atoms. The maximum Gasteiger partial charge on any atom is 0.413 e. The van der Waals surface area contributed by atoms with E-state index < -0.39 is 11.6 Å². The summed E-state index contributed by atoms with van der Waals surface area (Å²) in [6.07, 6.45) is 5.65. The lowest BCUT2D eigenvalue weighted by atomic mass is 9.95. The van der Waals surface area contributed by atoms with Crippen molar-refractivity contribution >= 4 is 11.9 Å². The van der Waals surface area contributed by atoms with Gasteiger partial charge in [0.1, 0.15) is 12.9 Å². The van der Waals surface area contributed by atoms with Gasteiger partial charge in [0.2, 0.25) is 0 Å². The van der Waals surface area contributed by atoms with Gasteiger partial charge in [0.05, 0.1) is 11.7 Å². The van der Waals surface area contributed by atoms with Gasteiger partial charge in [-0.2, -0.15) is 0 Å². The number of hydrogen-bond donors (Lipinski definition) is 1. The van der Waals surface area contributed by atoms with E-state index in [1.54, 1.807) is 0 Å². The van der Waals surface area contributed by atoms with Crippen LogP contribution in [0.2, 0.25) is 0 Å². The summed E-state index contributed by atoms with van der Waals surface area (Å²) in [5, 5.41) is 9.42. The second-order valence-electron chi connectivity index (χ2n) is 4.55. The summed E-state index contributed by atoms with van der Waals surface area (Å²) in [5.41, 5.74) is -0.423. The smallest absolute Gasteiger partial charge is 0.413 e. The number of amides is 1. The van der Waals surface area contributed by atoms with Crippen molar-refractivity contribution in [3.63, 3.8) is 0 Å². The molecule has 1 aliphatic carbocycles. The second kappa shape index (κ2) is 3.58. The van der Waals surface area contributed by atoms with Gasteiger partial charge in [-0.3, -0.25) is 0 Å². The second-order valence-corrected chi connectivity index (χ2v) is 4.55. The van der Waals surface area contributed by atoms with E-state index in [1.807, 2.05) is 0 Å². The highest BCUT2D eigenvalue weighted by molar-refractivity contribution is 5.89. The third-order valence-electron chi connectivity index (χ3n) is 3.57. The van der Waals surface area contributed by atoms with Gasteiger partial charge in [0.15, 0.2) is 11.6 Å². The topological polar surface area (TPSA) is 75.5 Å². The van der Waals surface area contributed by atoms with Gasteiger partial charge >= 0.3 is 6.09 Å². The molecule has 0 radical (unpaired) electrons. The summed E-state index contributed by atoms with van der Waals surface area (Å²) in [5.74, 6) is 0.827. The zero-order valence-electron chi connectivity index (χ0n) is 9.30. The molecule has 1 aromatic rings. The lowest BCUT2D eigenvalue weighted by molar-refractivity contribution is 0.157. The van der Waals surface area contributed by atoms with Crippen LogP contribution in [0.3, 0.4) is 0 Å². The summed E-state index contributed by atoms with van der Waals surface area (Å²) in [7, 11) is 0. The monoisotopic (exact) mass is 235 g/mol. The third kappa shape index (κ3) is 1.44. The van der Waals surface area contributed by atoms with E-state index in [2.05, 4.69) is 9.97 Å². The molecule has 1 aliphatic heterocycles. The summed E-state index contributed by atoms with van der Waals surface area (Å²) < 4.78 is 5.61. The standard InChI is InChI=1S/C11H13N3O3/c15-10(16)14-9-8(5-12-7-13-9)17-6-11(14)3-1-2-4-11/h5,7H,1-4,6H2,(H,15,16). The molecule has 1 N–H and O–H groups in total. The number of rotatable bonds is 0. The Kier molecular flexibility index (Phi) is 2.17. The molecule has 2 aliphatic rings. The predicted octanol–water partition coefficient (Wildman–Crippen LogP) is 1.67. The van der Waals surface area contributed by atoms with E-state index in [-0.39, 0.29) is 0 Å². The molecule has 0 bridgehead atoms. The Morgan fingerprint density at radius 1 is 1.47 bits per heavy atom. The largest absolute Gasteiger partial charge is 0.486 e. The average Bonchev–Trinajstić information content (AvgIpc) is 2.77. The first-order chi connectivity index (χ1) is 8.23. The van der Waals surface area contributed by atoms with Crippen LogP contribution in [0.25, 0.3) is 0 Å². The summed E-state index contributed by atoms with van der Waals surface area (Å²) in [4.78, 5) is 20.8. The number of carbonyl (C=O) groups is 1. The Morgan fingerprint density at radius 3 is 2.94 bits per heavy atom. The van der Waals surface area contributed by atoms with E-state index >= 15 is 0 Å². The SMILES string of the molecule is O=C(O)N1c2ncncc2OCC12CCCC2. The van der Waals surface area contributed by atoms with Gasteiger partial charge < -0.3 is 9.84 Å². The lowest BCUT2D eigenvalue weighted by Gasteiger charge is -2.42.